The molecule has 6 heteroatoms. The molecule has 154 valence electrons. The molecule has 2 amide bonds. The highest BCUT2D eigenvalue weighted by molar-refractivity contribution is 5.94. The van der Waals surface area contributed by atoms with Crippen LogP contribution in [0.5, 0.6) is 0 Å². The zero-order valence-electron chi connectivity index (χ0n) is 17.0. The fourth-order valence-corrected chi connectivity index (χ4v) is 4.26. The van der Waals surface area contributed by atoms with Crippen LogP contribution in [0.15, 0.2) is 54.6 Å². The first-order chi connectivity index (χ1) is 13.9. The average Bonchev–Trinajstić information content (AvgIpc) is 2.67. The molecule has 1 N–H and O–H groups in total. The van der Waals surface area contributed by atoms with Gasteiger partial charge in [0.1, 0.15) is 5.82 Å². The van der Waals surface area contributed by atoms with Crippen molar-refractivity contribution >= 4 is 11.8 Å². The number of amides is 2. The van der Waals surface area contributed by atoms with Crippen LogP contribution in [-0.4, -0.2) is 58.0 Å². The fraction of sp³-hybridized carbons (Fsp3) is 0.391. The van der Waals surface area contributed by atoms with E-state index in [0.717, 1.165) is 5.56 Å². The lowest BCUT2D eigenvalue weighted by Crippen LogP contribution is -2.68. The maximum absolute atomic E-state index is 14.2. The smallest absolute Gasteiger partial charge is 0.257 e. The molecule has 29 heavy (non-hydrogen) atoms. The highest BCUT2D eigenvalue weighted by Crippen LogP contribution is 2.41. The van der Waals surface area contributed by atoms with Crippen LogP contribution in [0, 0.1) is 5.82 Å². The van der Waals surface area contributed by atoms with Crippen molar-refractivity contribution in [3.8, 4) is 0 Å². The van der Waals surface area contributed by atoms with Crippen molar-refractivity contribution in [1.82, 2.24) is 9.80 Å². The summed E-state index contributed by atoms with van der Waals surface area (Å²) >= 11 is 0. The Kier molecular flexibility index (Phi) is 6.33. The standard InChI is InChI=1S/C23H27FN2O3/c1-15(2)25(23(29)18-11-7-8-12-19(18)24)13-20-22(17-9-5-4-6-10-17)21(14-27)26(20)16(3)28/h4-12,15,20-22,27H,13-14H2,1-3H3/t20-,21-,22-/m1/s1. The average molecular weight is 398 g/mol. The Labute approximate surface area is 170 Å². The molecule has 5 nitrogen and oxygen atoms in total. The van der Waals surface area contributed by atoms with Gasteiger partial charge in [-0.1, -0.05) is 42.5 Å². The maximum atomic E-state index is 14.2. The summed E-state index contributed by atoms with van der Waals surface area (Å²) in [4.78, 5) is 28.6. The minimum Gasteiger partial charge on any atom is -0.394 e. The van der Waals surface area contributed by atoms with E-state index in [0.29, 0.717) is 0 Å². The first-order valence-electron chi connectivity index (χ1n) is 9.87. The minimum absolute atomic E-state index is 0.0184. The molecule has 1 fully saturated rings. The van der Waals surface area contributed by atoms with E-state index >= 15 is 0 Å². The van der Waals surface area contributed by atoms with E-state index in [-0.39, 0.29) is 48.7 Å². The molecular weight excluding hydrogens is 371 g/mol. The van der Waals surface area contributed by atoms with Crippen LogP contribution in [0.4, 0.5) is 4.39 Å². The fourth-order valence-electron chi connectivity index (χ4n) is 4.26. The van der Waals surface area contributed by atoms with Crippen molar-refractivity contribution in [3.05, 3.63) is 71.5 Å². The van der Waals surface area contributed by atoms with Crippen molar-refractivity contribution < 1.29 is 19.1 Å². The predicted molar refractivity (Wildman–Crippen MR) is 109 cm³/mol. The molecule has 0 aliphatic carbocycles. The third-order valence-corrected chi connectivity index (χ3v) is 5.65. The topological polar surface area (TPSA) is 60.9 Å². The summed E-state index contributed by atoms with van der Waals surface area (Å²) in [5, 5.41) is 9.90. The molecule has 0 spiro atoms. The van der Waals surface area contributed by atoms with Crippen LogP contribution in [0.3, 0.4) is 0 Å². The molecule has 0 unspecified atom stereocenters. The first kappa shape index (κ1) is 21.0. The molecule has 1 aliphatic rings. The van der Waals surface area contributed by atoms with Gasteiger partial charge in [0, 0.05) is 25.4 Å². The SMILES string of the molecule is CC(=O)N1[C@H](CO)[C@H](c2ccccc2)[C@H]1CN(C(=O)c1ccccc1F)C(C)C. The Bertz CT molecular complexity index is 871. The number of likely N-dealkylation sites (tertiary alicyclic amines) is 1. The molecule has 2 aromatic rings. The predicted octanol–water partition coefficient (Wildman–Crippen LogP) is 3.05. The molecular formula is C23H27FN2O3. The van der Waals surface area contributed by atoms with Crippen LogP contribution >= 0.6 is 0 Å². The van der Waals surface area contributed by atoms with E-state index < -0.39 is 11.7 Å². The zero-order chi connectivity index (χ0) is 21.1. The minimum atomic E-state index is -0.562. The van der Waals surface area contributed by atoms with Gasteiger partial charge in [0.15, 0.2) is 0 Å². The monoisotopic (exact) mass is 398 g/mol. The molecule has 0 aromatic heterocycles. The summed E-state index contributed by atoms with van der Waals surface area (Å²) in [6.45, 7) is 5.32. The van der Waals surface area contributed by atoms with Gasteiger partial charge in [-0.25, -0.2) is 4.39 Å². The molecule has 3 atom stereocenters. The second-order valence-electron chi connectivity index (χ2n) is 7.71. The number of carbonyl (C=O) groups is 2. The number of aliphatic hydroxyl groups is 1. The Morgan fingerprint density at radius 2 is 1.69 bits per heavy atom. The molecule has 2 aromatic carbocycles. The van der Waals surface area contributed by atoms with Gasteiger partial charge in [-0.3, -0.25) is 9.59 Å². The van der Waals surface area contributed by atoms with Gasteiger partial charge in [-0.05, 0) is 31.5 Å². The van der Waals surface area contributed by atoms with E-state index in [1.807, 2.05) is 44.2 Å². The summed E-state index contributed by atoms with van der Waals surface area (Å²) in [5.74, 6) is -1.21. The number of halogens is 1. The number of hydrogen-bond acceptors (Lipinski definition) is 3. The van der Waals surface area contributed by atoms with Gasteiger partial charge in [0.25, 0.3) is 5.91 Å². The second kappa shape index (κ2) is 8.74. The van der Waals surface area contributed by atoms with Crippen molar-refractivity contribution in [2.75, 3.05) is 13.2 Å². The van der Waals surface area contributed by atoms with Crippen LogP contribution in [0.2, 0.25) is 0 Å². The number of nitrogens with zero attached hydrogens (tertiary/aromatic N) is 2. The lowest BCUT2D eigenvalue weighted by atomic mass is 9.74. The number of benzene rings is 2. The van der Waals surface area contributed by atoms with E-state index in [4.69, 9.17) is 0 Å². The summed E-state index contributed by atoms with van der Waals surface area (Å²) < 4.78 is 14.2. The van der Waals surface area contributed by atoms with Crippen LogP contribution in [0.1, 0.15) is 42.6 Å². The molecule has 3 rings (SSSR count). The van der Waals surface area contributed by atoms with Gasteiger partial charge in [-0.2, -0.15) is 0 Å². The van der Waals surface area contributed by atoms with E-state index in [2.05, 4.69) is 0 Å². The van der Waals surface area contributed by atoms with Crippen molar-refractivity contribution in [2.24, 2.45) is 0 Å². The number of rotatable bonds is 6. The molecule has 1 aliphatic heterocycles. The third-order valence-electron chi connectivity index (χ3n) is 5.65. The number of hydrogen-bond donors (Lipinski definition) is 1. The highest BCUT2D eigenvalue weighted by atomic mass is 19.1. The third kappa shape index (κ3) is 4.03. The summed E-state index contributed by atoms with van der Waals surface area (Å²) in [6, 6.07) is 14.8. The van der Waals surface area contributed by atoms with E-state index in [1.165, 1.54) is 19.1 Å². The Balaban J connectivity index is 1.93. The zero-order valence-corrected chi connectivity index (χ0v) is 17.0. The van der Waals surface area contributed by atoms with Crippen molar-refractivity contribution in [2.45, 2.75) is 44.8 Å². The summed E-state index contributed by atoms with van der Waals surface area (Å²) in [5.41, 5.74) is 1.03. The Morgan fingerprint density at radius 3 is 2.24 bits per heavy atom. The van der Waals surface area contributed by atoms with Crippen LogP contribution in [-0.2, 0) is 4.79 Å². The number of carbonyl (C=O) groups excluding carboxylic acids is 2. The van der Waals surface area contributed by atoms with Gasteiger partial charge < -0.3 is 14.9 Å². The van der Waals surface area contributed by atoms with Crippen molar-refractivity contribution in [1.29, 1.82) is 0 Å². The summed E-state index contributed by atoms with van der Waals surface area (Å²) in [6.07, 6.45) is 0. The highest BCUT2D eigenvalue weighted by Gasteiger charge is 2.51. The number of aliphatic hydroxyl groups excluding tert-OH is 1. The summed E-state index contributed by atoms with van der Waals surface area (Å²) in [7, 11) is 0. The first-order valence-corrected chi connectivity index (χ1v) is 9.87. The van der Waals surface area contributed by atoms with Crippen LogP contribution < -0.4 is 0 Å². The lowest BCUT2D eigenvalue weighted by Gasteiger charge is -2.56. The van der Waals surface area contributed by atoms with E-state index in [1.54, 1.807) is 21.9 Å². The van der Waals surface area contributed by atoms with Gasteiger partial charge >= 0.3 is 0 Å². The maximum Gasteiger partial charge on any atom is 0.257 e. The molecule has 1 saturated heterocycles. The normalized spacial score (nSPS) is 21.0. The largest absolute Gasteiger partial charge is 0.394 e. The second-order valence-corrected chi connectivity index (χ2v) is 7.71. The van der Waals surface area contributed by atoms with Gasteiger partial charge in [0.2, 0.25) is 5.91 Å². The van der Waals surface area contributed by atoms with Crippen LogP contribution in [0.25, 0.3) is 0 Å². The van der Waals surface area contributed by atoms with Gasteiger partial charge in [0.05, 0.1) is 24.3 Å². The molecule has 1 heterocycles. The van der Waals surface area contributed by atoms with Crippen molar-refractivity contribution in [3.63, 3.8) is 0 Å². The Hall–Kier alpha value is -2.73. The Morgan fingerprint density at radius 1 is 1.07 bits per heavy atom. The van der Waals surface area contributed by atoms with E-state index in [9.17, 15) is 19.1 Å². The lowest BCUT2D eigenvalue weighted by molar-refractivity contribution is -0.149. The van der Waals surface area contributed by atoms with Gasteiger partial charge in [-0.15, -0.1) is 0 Å². The molecule has 0 radical (unpaired) electrons. The molecule has 0 saturated carbocycles. The molecule has 0 bridgehead atoms. The quantitative estimate of drug-likeness (QED) is 0.814.